The standard InChI is InChI=1S/C22H18N4O/c1-13-7-6-9-18(14(13)2)24-12-17-15(3)16(11-23)21-25-19-8-4-5-10-20(19)26(21)22(17)27/h4-10,12,25H,1-3H3. The normalized spacial score (nSPS) is 11.5. The summed E-state index contributed by atoms with van der Waals surface area (Å²) in [5.74, 6) is 0. The summed E-state index contributed by atoms with van der Waals surface area (Å²) in [5.41, 5.74) is 6.42. The summed E-state index contributed by atoms with van der Waals surface area (Å²) in [6.45, 7) is 5.82. The Kier molecular flexibility index (Phi) is 3.89. The van der Waals surface area contributed by atoms with Crippen LogP contribution in [0.5, 0.6) is 0 Å². The lowest BCUT2D eigenvalue weighted by atomic mass is 10.1. The van der Waals surface area contributed by atoms with E-state index in [1.165, 1.54) is 0 Å². The molecule has 132 valence electrons. The minimum absolute atomic E-state index is 0.187. The molecule has 0 fully saturated rings. The monoisotopic (exact) mass is 354 g/mol. The maximum Gasteiger partial charge on any atom is 0.265 e. The largest absolute Gasteiger partial charge is 0.338 e. The topological polar surface area (TPSA) is 73.4 Å². The first-order valence-electron chi connectivity index (χ1n) is 8.69. The molecule has 0 bridgehead atoms. The highest BCUT2D eigenvalue weighted by Crippen LogP contribution is 2.23. The van der Waals surface area contributed by atoms with Gasteiger partial charge in [0.05, 0.1) is 27.8 Å². The Balaban J connectivity index is 2.02. The number of nitriles is 1. The summed E-state index contributed by atoms with van der Waals surface area (Å²) >= 11 is 0. The molecule has 0 radical (unpaired) electrons. The van der Waals surface area contributed by atoms with Crippen molar-refractivity contribution in [3.05, 3.63) is 80.6 Å². The predicted octanol–water partition coefficient (Wildman–Crippen LogP) is 4.33. The van der Waals surface area contributed by atoms with E-state index in [-0.39, 0.29) is 5.56 Å². The van der Waals surface area contributed by atoms with Gasteiger partial charge in [-0.1, -0.05) is 24.3 Å². The van der Waals surface area contributed by atoms with Crippen molar-refractivity contribution in [2.45, 2.75) is 20.8 Å². The molecule has 2 aromatic carbocycles. The first-order valence-corrected chi connectivity index (χ1v) is 8.69. The number of aromatic amines is 1. The summed E-state index contributed by atoms with van der Waals surface area (Å²) in [4.78, 5) is 20.9. The molecule has 0 unspecified atom stereocenters. The summed E-state index contributed by atoms with van der Waals surface area (Å²) in [6.07, 6.45) is 1.58. The Morgan fingerprint density at radius 2 is 1.85 bits per heavy atom. The molecule has 0 saturated carbocycles. The lowest BCUT2D eigenvalue weighted by Crippen LogP contribution is -2.20. The van der Waals surface area contributed by atoms with Gasteiger partial charge in [-0.25, -0.2) is 0 Å². The molecule has 0 aliphatic heterocycles. The third kappa shape index (κ3) is 2.54. The van der Waals surface area contributed by atoms with E-state index in [4.69, 9.17) is 0 Å². The zero-order valence-corrected chi connectivity index (χ0v) is 15.4. The van der Waals surface area contributed by atoms with Gasteiger partial charge in [0.2, 0.25) is 0 Å². The summed E-state index contributed by atoms with van der Waals surface area (Å²) < 4.78 is 1.56. The molecule has 2 aromatic heterocycles. The van der Waals surface area contributed by atoms with E-state index >= 15 is 0 Å². The van der Waals surface area contributed by atoms with Crippen LogP contribution in [-0.4, -0.2) is 15.6 Å². The molecule has 0 atom stereocenters. The van der Waals surface area contributed by atoms with E-state index in [1.807, 2.05) is 56.3 Å². The highest BCUT2D eigenvalue weighted by molar-refractivity contribution is 5.89. The number of hydrogen-bond acceptors (Lipinski definition) is 3. The average molecular weight is 354 g/mol. The fraction of sp³-hybridized carbons (Fsp3) is 0.136. The van der Waals surface area contributed by atoms with E-state index in [9.17, 15) is 10.1 Å². The SMILES string of the molecule is Cc1cccc(N=Cc2c(C)c(C#N)c3[nH]c4ccccc4n3c2=O)c1C. The minimum Gasteiger partial charge on any atom is -0.338 e. The van der Waals surface area contributed by atoms with Gasteiger partial charge in [0, 0.05) is 6.21 Å². The van der Waals surface area contributed by atoms with Crippen LogP contribution in [0.1, 0.15) is 27.8 Å². The molecule has 5 heteroatoms. The second kappa shape index (κ2) is 6.26. The Bertz CT molecular complexity index is 1330. The molecule has 1 N–H and O–H groups in total. The molecule has 27 heavy (non-hydrogen) atoms. The van der Waals surface area contributed by atoms with Gasteiger partial charge in [-0.3, -0.25) is 14.2 Å². The molecule has 0 aliphatic carbocycles. The number of benzene rings is 2. The van der Waals surface area contributed by atoms with Gasteiger partial charge in [-0.2, -0.15) is 5.26 Å². The molecule has 0 spiro atoms. The molecule has 4 rings (SSSR count). The Morgan fingerprint density at radius 1 is 1.07 bits per heavy atom. The highest BCUT2D eigenvalue weighted by atomic mass is 16.1. The van der Waals surface area contributed by atoms with Crippen LogP contribution in [0, 0.1) is 32.1 Å². The van der Waals surface area contributed by atoms with Crippen molar-refractivity contribution in [3.8, 4) is 6.07 Å². The van der Waals surface area contributed by atoms with Crippen LogP contribution in [-0.2, 0) is 0 Å². The third-order valence-corrected chi connectivity index (χ3v) is 5.09. The van der Waals surface area contributed by atoms with Gasteiger partial charge < -0.3 is 4.98 Å². The smallest absolute Gasteiger partial charge is 0.265 e. The number of H-pyrrole nitrogens is 1. The van der Waals surface area contributed by atoms with E-state index in [0.717, 1.165) is 27.8 Å². The number of rotatable bonds is 2. The van der Waals surface area contributed by atoms with Crippen LogP contribution in [0.15, 0.2) is 52.3 Å². The van der Waals surface area contributed by atoms with Crippen LogP contribution in [0.3, 0.4) is 0 Å². The van der Waals surface area contributed by atoms with Crippen molar-refractivity contribution in [1.29, 1.82) is 5.26 Å². The Hall–Kier alpha value is -3.65. The number of pyridine rings is 1. The number of imidazole rings is 1. The molecule has 2 heterocycles. The number of para-hydroxylation sites is 2. The number of nitrogens with one attached hydrogen (secondary N) is 1. The van der Waals surface area contributed by atoms with Crippen molar-refractivity contribution in [2.75, 3.05) is 0 Å². The van der Waals surface area contributed by atoms with Crippen LogP contribution in [0.2, 0.25) is 0 Å². The fourth-order valence-electron chi connectivity index (χ4n) is 3.36. The molecular weight excluding hydrogens is 336 g/mol. The van der Waals surface area contributed by atoms with Crippen LogP contribution in [0.25, 0.3) is 16.7 Å². The lowest BCUT2D eigenvalue weighted by Gasteiger charge is -2.06. The number of aromatic nitrogens is 2. The minimum atomic E-state index is -0.187. The Labute approximate surface area is 156 Å². The molecular formula is C22H18N4O. The summed E-state index contributed by atoms with van der Waals surface area (Å²) in [5, 5.41) is 9.69. The van der Waals surface area contributed by atoms with Gasteiger partial charge in [-0.05, 0) is 55.7 Å². The lowest BCUT2D eigenvalue weighted by molar-refractivity contribution is 1.12. The van der Waals surface area contributed by atoms with Crippen LogP contribution >= 0.6 is 0 Å². The summed E-state index contributed by atoms with van der Waals surface area (Å²) in [7, 11) is 0. The second-order valence-corrected chi connectivity index (χ2v) is 6.63. The maximum absolute atomic E-state index is 13.2. The molecule has 4 aromatic rings. The van der Waals surface area contributed by atoms with Gasteiger partial charge in [0.25, 0.3) is 5.56 Å². The Morgan fingerprint density at radius 3 is 2.63 bits per heavy atom. The predicted molar refractivity (Wildman–Crippen MR) is 108 cm³/mol. The molecule has 0 saturated heterocycles. The quantitative estimate of drug-likeness (QED) is 0.544. The number of fused-ring (bicyclic) bond motifs is 3. The first-order chi connectivity index (χ1) is 13.0. The summed E-state index contributed by atoms with van der Waals surface area (Å²) in [6, 6.07) is 15.6. The van der Waals surface area contributed by atoms with E-state index in [1.54, 1.807) is 17.5 Å². The van der Waals surface area contributed by atoms with Crippen LogP contribution < -0.4 is 5.56 Å². The van der Waals surface area contributed by atoms with Crippen LogP contribution in [0.4, 0.5) is 5.69 Å². The number of hydrogen-bond donors (Lipinski definition) is 1. The van der Waals surface area contributed by atoms with Crippen molar-refractivity contribution < 1.29 is 0 Å². The third-order valence-electron chi connectivity index (χ3n) is 5.09. The van der Waals surface area contributed by atoms with E-state index in [2.05, 4.69) is 16.0 Å². The number of aliphatic imine (C=N–C) groups is 1. The zero-order valence-electron chi connectivity index (χ0n) is 15.4. The van der Waals surface area contributed by atoms with Gasteiger partial charge in [0.1, 0.15) is 11.7 Å². The molecule has 0 aliphatic rings. The second-order valence-electron chi connectivity index (χ2n) is 6.63. The van der Waals surface area contributed by atoms with Crippen molar-refractivity contribution in [1.82, 2.24) is 9.38 Å². The average Bonchev–Trinajstić information content (AvgIpc) is 3.04. The highest BCUT2D eigenvalue weighted by Gasteiger charge is 2.17. The number of aryl methyl sites for hydroxylation is 1. The van der Waals surface area contributed by atoms with Gasteiger partial charge >= 0.3 is 0 Å². The van der Waals surface area contributed by atoms with Gasteiger partial charge in [0.15, 0.2) is 0 Å². The van der Waals surface area contributed by atoms with Crippen molar-refractivity contribution >= 4 is 28.6 Å². The van der Waals surface area contributed by atoms with Crippen molar-refractivity contribution in [2.24, 2.45) is 4.99 Å². The van der Waals surface area contributed by atoms with Crippen molar-refractivity contribution in [3.63, 3.8) is 0 Å². The zero-order chi connectivity index (χ0) is 19.1. The van der Waals surface area contributed by atoms with E-state index in [0.29, 0.717) is 22.3 Å². The van der Waals surface area contributed by atoms with E-state index < -0.39 is 0 Å². The maximum atomic E-state index is 13.2. The molecule has 0 amide bonds. The van der Waals surface area contributed by atoms with Gasteiger partial charge in [-0.15, -0.1) is 0 Å². The number of nitrogens with zero attached hydrogens (tertiary/aromatic N) is 3. The molecule has 5 nitrogen and oxygen atoms in total. The first kappa shape index (κ1) is 16.8. The fourth-order valence-corrected chi connectivity index (χ4v) is 3.36.